The summed E-state index contributed by atoms with van der Waals surface area (Å²) in [5.41, 5.74) is 1.32. The average Bonchev–Trinajstić information content (AvgIpc) is 2.79. The maximum absolute atomic E-state index is 13.2. The molecule has 0 N–H and O–H groups in total. The summed E-state index contributed by atoms with van der Waals surface area (Å²) in [7, 11) is -2.33. The third kappa shape index (κ3) is 4.78. The van der Waals surface area contributed by atoms with Gasteiger partial charge in [0, 0.05) is 43.3 Å². The van der Waals surface area contributed by atoms with Crippen molar-refractivity contribution in [1.29, 1.82) is 0 Å². The molecule has 0 saturated carbocycles. The molecule has 31 heavy (non-hydrogen) atoms. The molecule has 162 valence electrons. The molecular weight excluding hydrogens is 410 g/mol. The fourth-order valence-corrected chi connectivity index (χ4v) is 5.53. The summed E-state index contributed by atoms with van der Waals surface area (Å²) in [6.45, 7) is 1.18. The van der Waals surface area contributed by atoms with Gasteiger partial charge in [-0.1, -0.05) is 42.5 Å². The predicted octanol–water partition coefficient (Wildman–Crippen LogP) is 3.34. The number of fused-ring (bicyclic) bond motifs is 1. The number of amides is 1. The SMILES string of the molecule is CN(CC(=O)N1CCC(Cc2ccccc2)CC1)S(=O)(=O)c1cccc2cnccc12. The lowest BCUT2D eigenvalue weighted by molar-refractivity contribution is -0.132. The maximum Gasteiger partial charge on any atom is 0.243 e. The van der Waals surface area contributed by atoms with E-state index in [9.17, 15) is 13.2 Å². The van der Waals surface area contributed by atoms with Gasteiger partial charge >= 0.3 is 0 Å². The van der Waals surface area contributed by atoms with Crippen LogP contribution in [0.3, 0.4) is 0 Å². The number of benzene rings is 2. The highest BCUT2D eigenvalue weighted by molar-refractivity contribution is 7.89. The fourth-order valence-electron chi connectivity index (χ4n) is 4.20. The van der Waals surface area contributed by atoms with E-state index in [1.54, 1.807) is 35.5 Å². The van der Waals surface area contributed by atoms with Crippen molar-refractivity contribution in [3.05, 3.63) is 72.6 Å². The first-order chi connectivity index (χ1) is 14.9. The molecule has 1 aliphatic rings. The Morgan fingerprint density at radius 2 is 1.81 bits per heavy atom. The predicted molar refractivity (Wildman–Crippen MR) is 121 cm³/mol. The first-order valence-corrected chi connectivity index (χ1v) is 12.0. The summed E-state index contributed by atoms with van der Waals surface area (Å²) >= 11 is 0. The molecule has 4 rings (SSSR count). The summed E-state index contributed by atoms with van der Waals surface area (Å²) in [6.07, 6.45) is 6.11. The van der Waals surface area contributed by atoms with Crippen LogP contribution in [-0.4, -0.2) is 55.2 Å². The zero-order chi connectivity index (χ0) is 21.8. The third-order valence-electron chi connectivity index (χ3n) is 6.02. The normalized spacial score (nSPS) is 15.5. The van der Waals surface area contributed by atoms with Crippen molar-refractivity contribution >= 4 is 26.7 Å². The second-order valence-electron chi connectivity index (χ2n) is 8.13. The Bertz CT molecular complexity index is 1150. The van der Waals surface area contributed by atoms with Gasteiger partial charge in [-0.2, -0.15) is 4.31 Å². The number of carbonyl (C=O) groups is 1. The van der Waals surface area contributed by atoms with E-state index < -0.39 is 10.0 Å². The van der Waals surface area contributed by atoms with Crippen molar-refractivity contribution in [1.82, 2.24) is 14.2 Å². The largest absolute Gasteiger partial charge is 0.342 e. The molecule has 7 heteroatoms. The average molecular weight is 438 g/mol. The van der Waals surface area contributed by atoms with Crippen LogP contribution in [0.2, 0.25) is 0 Å². The number of hydrogen-bond donors (Lipinski definition) is 0. The van der Waals surface area contributed by atoms with E-state index in [2.05, 4.69) is 29.2 Å². The Hall–Kier alpha value is -2.77. The lowest BCUT2D eigenvalue weighted by atomic mass is 9.90. The summed E-state index contributed by atoms with van der Waals surface area (Å²) < 4.78 is 27.5. The third-order valence-corrected chi connectivity index (χ3v) is 7.88. The molecule has 0 radical (unpaired) electrons. The zero-order valence-electron chi connectivity index (χ0n) is 17.6. The van der Waals surface area contributed by atoms with Crippen molar-refractivity contribution < 1.29 is 13.2 Å². The minimum Gasteiger partial charge on any atom is -0.342 e. The number of hydrogen-bond acceptors (Lipinski definition) is 4. The first kappa shape index (κ1) is 21.5. The van der Waals surface area contributed by atoms with Gasteiger partial charge in [-0.15, -0.1) is 0 Å². The summed E-state index contributed by atoms with van der Waals surface area (Å²) in [5.74, 6) is 0.406. The molecule has 0 aliphatic carbocycles. The number of piperidine rings is 1. The molecule has 1 aromatic heterocycles. The quantitative estimate of drug-likeness (QED) is 0.593. The number of likely N-dealkylation sites (tertiary alicyclic amines) is 1. The van der Waals surface area contributed by atoms with Crippen molar-refractivity contribution in [3.8, 4) is 0 Å². The van der Waals surface area contributed by atoms with Crippen molar-refractivity contribution in [3.63, 3.8) is 0 Å². The number of carbonyl (C=O) groups excluding carboxylic acids is 1. The minimum absolute atomic E-state index is 0.147. The van der Waals surface area contributed by atoms with Crippen LogP contribution in [0.15, 0.2) is 71.9 Å². The number of rotatable bonds is 6. The molecule has 1 fully saturated rings. The standard InChI is InChI=1S/C24H27N3O3S/c1-26(31(29,30)23-9-5-8-21-17-25-13-10-22(21)23)18-24(28)27-14-11-20(12-15-27)16-19-6-3-2-4-7-19/h2-10,13,17,20H,11-12,14-16,18H2,1H3. The summed E-state index contributed by atoms with van der Waals surface area (Å²) in [6, 6.07) is 17.2. The number of nitrogens with zero attached hydrogens (tertiary/aromatic N) is 3. The second-order valence-corrected chi connectivity index (χ2v) is 10.1. The molecule has 3 aromatic rings. The maximum atomic E-state index is 13.2. The van der Waals surface area contributed by atoms with Crippen LogP contribution in [0.1, 0.15) is 18.4 Å². The van der Waals surface area contributed by atoms with E-state index in [-0.39, 0.29) is 17.3 Å². The van der Waals surface area contributed by atoms with Crippen molar-refractivity contribution in [2.45, 2.75) is 24.2 Å². The summed E-state index contributed by atoms with van der Waals surface area (Å²) in [4.78, 5) is 18.9. The molecule has 2 aromatic carbocycles. The molecule has 0 unspecified atom stereocenters. The molecule has 1 aliphatic heterocycles. The Balaban J connectivity index is 1.38. The van der Waals surface area contributed by atoms with Gasteiger partial charge in [0.05, 0.1) is 11.4 Å². The van der Waals surface area contributed by atoms with Gasteiger partial charge in [0.1, 0.15) is 0 Å². The van der Waals surface area contributed by atoms with Crippen LogP contribution in [0.25, 0.3) is 10.8 Å². The van der Waals surface area contributed by atoms with Crippen molar-refractivity contribution in [2.75, 3.05) is 26.7 Å². The Morgan fingerprint density at radius 1 is 1.06 bits per heavy atom. The van der Waals surface area contributed by atoms with E-state index in [0.717, 1.165) is 29.0 Å². The smallest absolute Gasteiger partial charge is 0.243 e. The highest BCUT2D eigenvalue weighted by atomic mass is 32.2. The zero-order valence-corrected chi connectivity index (χ0v) is 18.5. The van der Waals surface area contributed by atoms with Crippen LogP contribution in [0.4, 0.5) is 0 Å². The van der Waals surface area contributed by atoms with E-state index in [4.69, 9.17) is 0 Å². The lowest BCUT2D eigenvalue weighted by Crippen LogP contribution is -2.44. The molecule has 1 amide bonds. The first-order valence-electron chi connectivity index (χ1n) is 10.6. The van der Waals surface area contributed by atoms with E-state index in [1.165, 1.54) is 12.6 Å². The van der Waals surface area contributed by atoms with Crippen LogP contribution in [0.5, 0.6) is 0 Å². The van der Waals surface area contributed by atoms with Gasteiger partial charge in [-0.25, -0.2) is 8.42 Å². The molecule has 2 heterocycles. The Kier molecular flexibility index (Phi) is 6.34. The minimum atomic E-state index is -3.79. The highest BCUT2D eigenvalue weighted by Crippen LogP contribution is 2.25. The Labute approximate surface area is 183 Å². The van der Waals surface area contributed by atoms with Gasteiger partial charge in [0.15, 0.2) is 0 Å². The number of sulfonamides is 1. The molecule has 0 bridgehead atoms. The second kappa shape index (κ2) is 9.16. The van der Waals surface area contributed by atoms with E-state index in [0.29, 0.717) is 24.4 Å². The Morgan fingerprint density at radius 3 is 2.55 bits per heavy atom. The van der Waals surface area contributed by atoms with Crippen molar-refractivity contribution in [2.24, 2.45) is 5.92 Å². The molecular formula is C24H27N3O3S. The topological polar surface area (TPSA) is 70.6 Å². The number of aromatic nitrogens is 1. The van der Waals surface area contributed by atoms with Gasteiger partial charge in [0.2, 0.25) is 15.9 Å². The van der Waals surface area contributed by atoms with E-state index in [1.807, 2.05) is 12.1 Å². The van der Waals surface area contributed by atoms with Gasteiger partial charge in [0.25, 0.3) is 0 Å². The highest BCUT2D eigenvalue weighted by Gasteiger charge is 2.28. The number of pyridine rings is 1. The van der Waals surface area contributed by atoms with E-state index >= 15 is 0 Å². The van der Waals surface area contributed by atoms with Gasteiger partial charge < -0.3 is 4.90 Å². The van der Waals surface area contributed by atoms with Gasteiger partial charge in [-0.3, -0.25) is 9.78 Å². The molecule has 6 nitrogen and oxygen atoms in total. The van der Waals surface area contributed by atoms with Crippen LogP contribution in [0, 0.1) is 5.92 Å². The monoisotopic (exact) mass is 437 g/mol. The van der Waals surface area contributed by atoms with Gasteiger partial charge in [-0.05, 0) is 42.9 Å². The lowest BCUT2D eigenvalue weighted by Gasteiger charge is -2.33. The van der Waals surface area contributed by atoms with Crippen LogP contribution < -0.4 is 0 Å². The molecule has 1 saturated heterocycles. The fraction of sp³-hybridized carbons (Fsp3) is 0.333. The summed E-state index contributed by atoms with van der Waals surface area (Å²) in [5, 5.41) is 1.36. The van der Waals surface area contributed by atoms with Crippen LogP contribution >= 0.6 is 0 Å². The molecule has 0 atom stereocenters. The number of likely N-dealkylation sites (N-methyl/N-ethyl adjacent to an activating group) is 1. The van der Waals surface area contributed by atoms with Crippen LogP contribution in [-0.2, 0) is 21.2 Å². The molecule has 0 spiro atoms.